The molecule has 27 heavy (non-hydrogen) atoms. The first-order chi connectivity index (χ1) is 13.2. The van der Waals surface area contributed by atoms with Crippen LogP contribution in [-0.2, 0) is 19.3 Å². The Morgan fingerprint density at radius 1 is 1.00 bits per heavy atom. The van der Waals surface area contributed by atoms with Gasteiger partial charge in [-0.15, -0.1) is 0 Å². The molecule has 0 aromatic heterocycles. The van der Waals surface area contributed by atoms with Crippen LogP contribution in [0.4, 0.5) is 4.39 Å². The first kappa shape index (κ1) is 18.0. The van der Waals surface area contributed by atoms with E-state index in [9.17, 15) is 0 Å². The molecule has 0 fully saturated rings. The normalized spacial score (nSPS) is 16.3. The number of benzene rings is 3. The van der Waals surface area contributed by atoms with E-state index in [1.807, 2.05) is 25.1 Å². The van der Waals surface area contributed by atoms with Gasteiger partial charge in [-0.25, -0.2) is 4.39 Å². The Labute approximate surface area is 161 Å². The van der Waals surface area contributed by atoms with Crippen LogP contribution < -0.4 is 4.74 Å². The van der Waals surface area contributed by atoms with Gasteiger partial charge >= 0.3 is 0 Å². The van der Waals surface area contributed by atoms with Crippen molar-refractivity contribution in [2.75, 3.05) is 6.61 Å². The van der Waals surface area contributed by atoms with Crippen LogP contribution in [0.15, 0.2) is 48.5 Å². The van der Waals surface area contributed by atoms with E-state index < -0.39 is 0 Å². The second-order valence-electron chi connectivity index (χ2n) is 7.58. The summed E-state index contributed by atoms with van der Waals surface area (Å²) in [6.45, 7) is 4.86. The molecule has 0 radical (unpaired) electrons. The zero-order chi connectivity index (χ0) is 18.8. The van der Waals surface area contributed by atoms with Crippen molar-refractivity contribution in [1.82, 2.24) is 0 Å². The summed E-state index contributed by atoms with van der Waals surface area (Å²) in [6, 6.07) is 16.6. The van der Waals surface area contributed by atoms with Crippen LogP contribution in [-0.4, -0.2) is 6.61 Å². The fourth-order valence-electron chi connectivity index (χ4n) is 4.37. The highest BCUT2D eigenvalue weighted by Crippen LogP contribution is 2.37. The number of aryl methyl sites for hydroxylation is 2. The first-order valence-corrected chi connectivity index (χ1v) is 10.1. The summed E-state index contributed by atoms with van der Waals surface area (Å²) in [6.07, 6.45) is 5.02. The van der Waals surface area contributed by atoms with Gasteiger partial charge in [-0.05, 0) is 78.3 Å². The van der Waals surface area contributed by atoms with Crippen molar-refractivity contribution in [3.63, 3.8) is 0 Å². The molecule has 0 heterocycles. The van der Waals surface area contributed by atoms with Gasteiger partial charge in [0.2, 0.25) is 0 Å². The fourth-order valence-corrected chi connectivity index (χ4v) is 4.37. The standard InChI is InChI=1S/C25H27FO/c1-3-5-17-6-12-23-20(14-17)10-13-24(25(23)26)21-8-7-19-16-22(27-4-2)11-9-18(19)15-21/h6,9-14,16,21H,3-5,7-8,15H2,1-2H3. The van der Waals surface area contributed by atoms with Crippen molar-refractivity contribution in [1.29, 1.82) is 0 Å². The van der Waals surface area contributed by atoms with Crippen LogP contribution in [0.5, 0.6) is 5.75 Å². The lowest BCUT2D eigenvalue weighted by Gasteiger charge is -2.26. The Hall–Kier alpha value is -2.35. The quantitative estimate of drug-likeness (QED) is 0.497. The van der Waals surface area contributed by atoms with Crippen molar-refractivity contribution in [3.8, 4) is 5.75 Å². The van der Waals surface area contributed by atoms with E-state index in [2.05, 4.69) is 37.3 Å². The molecular formula is C25H27FO. The van der Waals surface area contributed by atoms with Crippen LogP contribution in [0.25, 0.3) is 10.8 Å². The van der Waals surface area contributed by atoms with Gasteiger partial charge in [0.15, 0.2) is 0 Å². The van der Waals surface area contributed by atoms with E-state index in [-0.39, 0.29) is 11.7 Å². The minimum absolute atomic E-state index is 0.0325. The fraction of sp³-hybridized carbons (Fsp3) is 0.360. The zero-order valence-corrected chi connectivity index (χ0v) is 16.2. The molecule has 3 aromatic rings. The third-order valence-electron chi connectivity index (χ3n) is 5.74. The van der Waals surface area contributed by atoms with Crippen LogP contribution in [0.2, 0.25) is 0 Å². The molecule has 0 N–H and O–H groups in total. The van der Waals surface area contributed by atoms with Crippen molar-refractivity contribution in [2.24, 2.45) is 0 Å². The number of ether oxygens (including phenoxy) is 1. The molecule has 0 saturated carbocycles. The number of fused-ring (bicyclic) bond motifs is 2. The SMILES string of the molecule is CCCc1ccc2c(F)c(C3CCc4cc(OCC)ccc4C3)ccc2c1. The second kappa shape index (κ2) is 7.72. The maximum atomic E-state index is 15.3. The van der Waals surface area contributed by atoms with Gasteiger partial charge in [-0.1, -0.05) is 49.7 Å². The molecule has 4 rings (SSSR count). The highest BCUT2D eigenvalue weighted by atomic mass is 19.1. The van der Waals surface area contributed by atoms with E-state index in [0.717, 1.165) is 54.2 Å². The van der Waals surface area contributed by atoms with Gasteiger partial charge in [0.05, 0.1) is 6.61 Å². The van der Waals surface area contributed by atoms with E-state index in [4.69, 9.17) is 4.74 Å². The van der Waals surface area contributed by atoms with E-state index in [1.54, 1.807) is 0 Å². The maximum absolute atomic E-state index is 15.3. The lowest BCUT2D eigenvalue weighted by atomic mass is 9.79. The molecule has 1 aliphatic rings. The minimum atomic E-state index is -0.0325. The largest absolute Gasteiger partial charge is 0.494 e. The Kier molecular flexibility index (Phi) is 5.15. The summed E-state index contributed by atoms with van der Waals surface area (Å²) < 4.78 is 20.9. The number of rotatable bonds is 5. The number of hydrogen-bond acceptors (Lipinski definition) is 1. The predicted octanol–water partition coefficient (Wildman–Crippen LogP) is 6.60. The third kappa shape index (κ3) is 3.58. The van der Waals surface area contributed by atoms with Crippen molar-refractivity contribution in [3.05, 3.63) is 76.6 Å². The smallest absolute Gasteiger partial charge is 0.134 e. The van der Waals surface area contributed by atoms with E-state index >= 15 is 4.39 Å². The van der Waals surface area contributed by atoms with Gasteiger partial charge in [0.1, 0.15) is 11.6 Å². The Bertz CT molecular complexity index is 960. The zero-order valence-electron chi connectivity index (χ0n) is 16.2. The van der Waals surface area contributed by atoms with Crippen molar-refractivity contribution >= 4 is 10.8 Å². The summed E-state index contributed by atoms with van der Waals surface area (Å²) in [5.74, 6) is 1.15. The Morgan fingerprint density at radius 2 is 1.89 bits per heavy atom. The second-order valence-corrected chi connectivity index (χ2v) is 7.58. The molecule has 1 nitrogen and oxygen atoms in total. The van der Waals surface area contributed by atoms with Crippen molar-refractivity contribution < 1.29 is 9.13 Å². The number of halogens is 1. The van der Waals surface area contributed by atoms with Gasteiger partial charge < -0.3 is 4.74 Å². The Balaban J connectivity index is 1.63. The average molecular weight is 362 g/mol. The van der Waals surface area contributed by atoms with Crippen LogP contribution in [0.3, 0.4) is 0 Å². The highest BCUT2D eigenvalue weighted by Gasteiger charge is 2.23. The first-order valence-electron chi connectivity index (χ1n) is 10.1. The van der Waals surface area contributed by atoms with Gasteiger partial charge in [0.25, 0.3) is 0 Å². The molecule has 2 heteroatoms. The maximum Gasteiger partial charge on any atom is 0.134 e. The van der Waals surface area contributed by atoms with Crippen molar-refractivity contribution in [2.45, 2.75) is 51.9 Å². The van der Waals surface area contributed by atoms with Crippen LogP contribution >= 0.6 is 0 Å². The van der Waals surface area contributed by atoms with Gasteiger partial charge in [0, 0.05) is 5.39 Å². The molecule has 0 amide bonds. The summed E-state index contributed by atoms with van der Waals surface area (Å²) in [7, 11) is 0. The Morgan fingerprint density at radius 3 is 2.70 bits per heavy atom. The molecule has 1 unspecified atom stereocenters. The highest BCUT2D eigenvalue weighted by molar-refractivity contribution is 5.84. The summed E-state index contributed by atoms with van der Waals surface area (Å²) in [4.78, 5) is 0. The van der Waals surface area contributed by atoms with Crippen LogP contribution in [0.1, 0.15) is 54.9 Å². The molecule has 140 valence electrons. The molecule has 1 aliphatic carbocycles. The minimum Gasteiger partial charge on any atom is -0.494 e. The monoisotopic (exact) mass is 362 g/mol. The lowest BCUT2D eigenvalue weighted by molar-refractivity contribution is 0.339. The molecule has 0 aliphatic heterocycles. The summed E-state index contributed by atoms with van der Waals surface area (Å²) in [5.41, 5.74) is 4.83. The predicted molar refractivity (Wildman–Crippen MR) is 110 cm³/mol. The molecule has 0 spiro atoms. The number of hydrogen-bond donors (Lipinski definition) is 0. The molecule has 3 aromatic carbocycles. The topological polar surface area (TPSA) is 9.23 Å². The molecular weight excluding hydrogens is 335 g/mol. The van der Waals surface area contributed by atoms with Crippen LogP contribution in [0, 0.1) is 5.82 Å². The van der Waals surface area contributed by atoms with E-state index in [0.29, 0.717) is 6.61 Å². The summed E-state index contributed by atoms with van der Waals surface area (Å²) >= 11 is 0. The molecule has 0 saturated heterocycles. The summed E-state index contributed by atoms with van der Waals surface area (Å²) in [5, 5.41) is 1.77. The van der Waals surface area contributed by atoms with Gasteiger partial charge in [-0.2, -0.15) is 0 Å². The average Bonchev–Trinajstić information content (AvgIpc) is 2.68. The molecule has 0 bridgehead atoms. The van der Waals surface area contributed by atoms with E-state index in [1.165, 1.54) is 16.7 Å². The molecule has 1 atom stereocenters. The van der Waals surface area contributed by atoms with Gasteiger partial charge in [-0.3, -0.25) is 0 Å². The lowest BCUT2D eigenvalue weighted by Crippen LogP contribution is -2.14. The third-order valence-corrected chi connectivity index (χ3v) is 5.74.